The van der Waals surface area contributed by atoms with Gasteiger partial charge in [-0.05, 0) is 41.0 Å². The number of ether oxygens (including phenoxy) is 4. The van der Waals surface area contributed by atoms with Gasteiger partial charge in [0.1, 0.15) is 36.2 Å². The second kappa shape index (κ2) is 15.9. The topological polar surface area (TPSA) is 184 Å². The number of halogens is 1. The van der Waals surface area contributed by atoms with E-state index in [1.165, 1.54) is 20.4 Å². The third-order valence-electron chi connectivity index (χ3n) is 8.67. The van der Waals surface area contributed by atoms with Gasteiger partial charge in [-0.1, -0.05) is 54.6 Å². The average Bonchev–Trinajstić information content (AvgIpc) is 3.51. The summed E-state index contributed by atoms with van der Waals surface area (Å²) in [5.41, 5.74) is -0.988. The van der Waals surface area contributed by atoms with E-state index in [-0.39, 0.29) is 12.8 Å². The number of carbonyl (C=O) groups excluding carboxylic acids is 1. The molecule has 264 valence electrons. The Balaban J connectivity index is 1.79. The molecule has 4 aromatic rings. The lowest BCUT2D eigenvalue weighted by Gasteiger charge is -2.46. The van der Waals surface area contributed by atoms with Crippen LogP contribution in [0.4, 0.5) is 4.39 Å². The van der Waals surface area contributed by atoms with Crippen molar-refractivity contribution < 1.29 is 38.2 Å². The molecule has 1 amide bonds. The average molecular weight is 693 g/mol. The Hall–Kier alpha value is -5.38. The number of aliphatic hydroxyl groups excluding tert-OH is 1. The maximum atomic E-state index is 13.6. The molecule has 1 fully saturated rings. The number of aromatic nitrogens is 2. The van der Waals surface area contributed by atoms with Gasteiger partial charge in [-0.2, -0.15) is 0 Å². The van der Waals surface area contributed by atoms with Gasteiger partial charge in [0.25, 0.3) is 11.5 Å². The minimum Gasteiger partial charge on any atom is -0.497 e. The number of aliphatic hydroxyl groups is 1. The number of nitrogens with zero attached hydrogens (tertiary/aromatic N) is 2. The summed E-state index contributed by atoms with van der Waals surface area (Å²) < 4.78 is 38.7. The van der Waals surface area contributed by atoms with E-state index in [0.29, 0.717) is 28.2 Å². The first-order valence-electron chi connectivity index (χ1n) is 15.7. The van der Waals surface area contributed by atoms with Gasteiger partial charge < -0.3 is 29.4 Å². The summed E-state index contributed by atoms with van der Waals surface area (Å²) in [5.74, 6) is 0.00939. The van der Waals surface area contributed by atoms with Gasteiger partial charge in [-0.25, -0.2) is 9.18 Å². The minimum absolute atomic E-state index is 0.122. The Morgan fingerprint density at radius 3 is 2.12 bits per heavy atom. The number of benzene rings is 3. The van der Waals surface area contributed by atoms with Gasteiger partial charge in [0, 0.05) is 23.6 Å². The summed E-state index contributed by atoms with van der Waals surface area (Å²) in [7, 11) is 3.04. The molecule has 1 aromatic heterocycles. The van der Waals surface area contributed by atoms with Gasteiger partial charge in [0.15, 0.2) is 6.67 Å². The first kappa shape index (κ1) is 35.9. The second-order valence-electron chi connectivity index (χ2n) is 11.6. The highest BCUT2D eigenvalue weighted by Gasteiger charge is 2.54. The van der Waals surface area contributed by atoms with E-state index in [0.717, 1.165) is 10.6 Å². The van der Waals surface area contributed by atoms with Crippen LogP contribution in [0.5, 0.6) is 11.5 Å². The fraction of sp³-hybridized carbons (Fsp3) is 0.343. The number of nitrogens with one attached hydrogen (secondary N) is 2. The summed E-state index contributed by atoms with van der Waals surface area (Å²) in [6, 6.07) is 24.3. The number of hydrogen-bond donors (Lipinski definition) is 3. The number of nitro groups is 1. The molecule has 0 spiro atoms. The van der Waals surface area contributed by atoms with Crippen LogP contribution in [-0.2, 0) is 19.7 Å². The van der Waals surface area contributed by atoms with E-state index < -0.39 is 71.5 Å². The zero-order valence-electron chi connectivity index (χ0n) is 27.3. The van der Waals surface area contributed by atoms with Crippen molar-refractivity contribution in [2.24, 2.45) is 0 Å². The van der Waals surface area contributed by atoms with E-state index in [2.05, 4.69) is 10.3 Å². The molecule has 14 nitrogen and oxygen atoms in total. The summed E-state index contributed by atoms with van der Waals surface area (Å²) in [6.07, 6.45) is -5.70. The SMILES string of the molecule is COc1ccc(C(c2ccccc2)(c2ccc(OC)cc2)C(OC(CC[N+](=O)[O-])NC(=O)CF)[C@H]2O[C@@H](n3ccc(=O)[nH]c3=O)C[C@@H]2O)cc1. The van der Waals surface area contributed by atoms with Crippen molar-refractivity contribution in [3.8, 4) is 11.5 Å². The zero-order chi connectivity index (χ0) is 35.8. The number of amides is 1. The van der Waals surface area contributed by atoms with Crippen LogP contribution in [0.25, 0.3) is 0 Å². The van der Waals surface area contributed by atoms with Crippen molar-refractivity contribution in [2.75, 3.05) is 27.4 Å². The molecule has 5 rings (SSSR count). The molecule has 1 saturated heterocycles. The Bertz CT molecular complexity index is 1820. The van der Waals surface area contributed by atoms with E-state index in [1.807, 2.05) is 18.2 Å². The number of carbonyl (C=O) groups is 1. The summed E-state index contributed by atoms with van der Waals surface area (Å²) in [4.78, 5) is 50.2. The predicted molar refractivity (Wildman–Crippen MR) is 177 cm³/mol. The van der Waals surface area contributed by atoms with Crippen molar-refractivity contribution in [3.05, 3.63) is 139 Å². The van der Waals surface area contributed by atoms with Crippen LogP contribution in [0, 0.1) is 10.1 Å². The lowest BCUT2D eigenvalue weighted by molar-refractivity contribution is -0.482. The molecule has 5 atom stereocenters. The molecule has 50 heavy (non-hydrogen) atoms. The molecule has 2 unspecified atom stereocenters. The standard InChI is InChI=1S/C35H37FN4O10/c1-47-25-12-8-23(9-13-25)35(22-6-4-3-5-7-22,24-10-14-26(48-2)15-11-24)33(49-30(17-19-40(45)46)37-29(43)21-36)32-27(41)20-31(50-32)39-18-16-28(42)38-34(39)44/h3-16,18,27,30-33,41H,17,19-21H2,1-2H3,(H,37,43)(H,38,42,44)/t27-,30?,31+,32-,33?/m0/s1. The van der Waals surface area contributed by atoms with Crippen molar-refractivity contribution in [2.45, 2.75) is 49.0 Å². The Kier molecular flexibility index (Phi) is 11.4. The molecule has 3 aromatic carbocycles. The van der Waals surface area contributed by atoms with Crippen LogP contribution >= 0.6 is 0 Å². The molecular weight excluding hydrogens is 655 g/mol. The van der Waals surface area contributed by atoms with E-state index in [9.17, 15) is 34.0 Å². The Morgan fingerprint density at radius 2 is 1.60 bits per heavy atom. The fourth-order valence-electron chi connectivity index (χ4n) is 6.39. The molecule has 2 heterocycles. The van der Waals surface area contributed by atoms with Crippen molar-refractivity contribution in [1.29, 1.82) is 0 Å². The third-order valence-corrected chi connectivity index (χ3v) is 8.67. The van der Waals surface area contributed by atoms with E-state index in [1.54, 1.807) is 60.7 Å². The highest BCUT2D eigenvalue weighted by Crippen LogP contribution is 2.49. The van der Waals surface area contributed by atoms with Gasteiger partial charge in [-0.3, -0.25) is 29.3 Å². The van der Waals surface area contributed by atoms with Gasteiger partial charge in [-0.15, -0.1) is 0 Å². The van der Waals surface area contributed by atoms with Crippen LogP contribution in [0.15, 0.2) is 101 Å². The lowest BCUT2D eigenvalue weighted by atomic mass is 9.64. The summed E-state index contributed by atoms with van der Waals surface area (Å²) in [5, 5.41) is 25.7. The van der Waals surface area contributed by atoms with Gasteiger partial charge in [0.2, 0.25) is 6.54 Å². The number of alkyl halides is 1. The quantitative estimate of drug-likeness (QED) is 0.0725. The molecule has 15 heteroatoms. The van der Waals surface area contributed by atoms with Gasteiger partial charge in [0.05, 0.1) is 32.2 Å². The molecule has 1 aliphatic rings. The fourth-order valence-corrected chi connectivity index (χ4v) is 6.39. The van der Waals surface area contributed by atoms with Gasteiger partial charge >= 0.3 is 5.69 Å². The van der Waals surface area contributed by atoms with Crippen molar-refractivity contribution >= 4 is 5.91 Å². The van der Waals surface area contributed by atoms with Crippen LogP contribution in [0.1, 0.15) is 35.8 Å². The molecule has 3 N–H and O–H groups in total. The first-order chi connectivity index (χ1) is 24.1. The number of rotatable bonds is 15. The van der Waals surface area contributed by atoms with Crippen molar-refractivity contribution in [3.63, 3.8) is 0 Å². The van der Waals surface area contributed by atoms with Crippen LogP contribution in [0.2, 0.25) is 0 Å². The summed E-state index contributed by atoms with van der Waals surface area (Å²) in [6.45, 7) is -2.06. The van der Waals surface area contributed by atoms with Crippen LogP contribution < -0.4 is 26.0 Å². The largest absolute Gasteiger partial charge is 0.497 e. The highest BCUT2D eigenvalue weighted by molar-refractivity contribution is 5.77. The molecule has 0 bridgehead atoms. The molecule has 0 saturated carbocycles. The lowest BCUT2D eigenvalue weighted by Crippen LogP contribution is -2.56. The maximum absolute atomic E-state index is 13.6. The number of methoxy groups -OCH3 is 2. The van der Waals surface area contributed by atoms with E-state index >= 15 is 0 Å². The van der Waals surface area contributed by atoms with Crippen LogP contribution in [-0.4, -0.2) is 77.5 Å². The molecule has 0 aliphatic carbocycles. The number of hydrogen-bond acceptors (Lipinski definition) is 10. The highest BCUT2D eigenvalue weighted by atomic mass is 19.1. The zero-order valence-corrected chi connectivity index (χ0v) is 27.3. The minimum atomic E-state index is -1.43. The monoisotopic (exact) mass is 692 g/mol. The Morgan fingerprint density at radius 1 is 1.02 bits per heavy atom. The van der Waals surface area contributed by atoms with Crippen LogP contribution in [0.3, 0.4) is 0 Å². The number of H-pyrrole nitrogens is 1. The third kappa shape index (κ3) is 7.59. The smallest absolute Gasteiger partial charge is 0.330 e. The number of aromatic amines is 1. The normalized spacial score (nSPS) is 18.6. The summed E-state index contributed by atoms with van der Waals surface area (Å²) >= 11 is 0. The van der Waals surface area contributed by atoms with E-state index in [4.69, 9.17) is 18.9 Å². The first-order valence-corrected chi connectivity index (χ1v) is 15.7. The van der Waals surface area contributed by atoms with Crippen molar-refractivity contribution in [1.82, 2.24) is 14.9 Å². The molecule has 1 aliphatic heterocycles. The predicted octanol–water partition coefficient (Wildman–Crippen LogP) is 2.70. The second-order valence-corrected chi connectivity index (χ2v) is 11.6. The maximum Gasteiger partial charge on any atom is 0.330 e. The molecular formula is C35H37FN4O10. The molecule has 0 radical (unpaired) electrons. The Labute approximate surface area is 285 Å².